The zero-order chi connectivity index (χ0) is 15.8. The highest BCUT2D eigenvalue weighted by Crippen LogP contribution is 2.10. The molecule has 0 saturated heterocycles. The molecule has 1 rings (SSSR count). The number of halogens is 2. The third-order valence-electron chi connectivity index (χ3n) is 3.02. The van der Waals surface area contributed by atoms with Crippen LogP contribution in [0, 0.1) is 5.92 Å². The SMILES string of the molecule is CC(C)C(NC(=O)c1ccc(Cl)cc1)C(=O)NCCCN.Cl. The van der Waals surface area contributed by atoms with Crippen LogP contribution in [0.2, 0.25) is 5.02 Å². The molecule has 0 bridgehead atoms. The minimum Gasteiger partial charge on any atom is -0.354 e. The summed E-state index contributed by atoms with van der Waals surface area (Å²) < 4.78 is 0. The Labute approximate surface area is 142 Å². The van der Waals surface area contributed by atoms with E-state index in [9.17, 15) is 9.59 Å². The Bertz CT molecular complexity index is 478. The lowest BCUT2D eigenvalue weighted by Crippen LogP contribution is -2.50. The molecule has 2 amide bonds. The van der Waals surface area contributed by atoms with Crippen molar-refractivity contribution in [1.82, 2.24) is 10.6 Å². The van der Waals surface area contributed by atoms with Gasteiger partial charge in [-0.1, -0.05) is 25.4 Å². The largest absolute Gasteiger partial charge is 0.354 e. The van der Waals surface area contributed by atoms with E-state index in [2.05, 4.69) is 10.6 Å². The van der Waals surface area contributed by atoms with Crippen molar-refractivity contribution in [2.24, 2.45) is 11.7 Å². The number of carbonyl (C=O) groups is 2. The summed E-state index contributed by atoms with van der Waals surface area (Å²) in [5.74, 6) is -0.501. The van der Waals surface area contributed by atoms with Crippen molar-refractivity contribution < 1.29 is 9.59 Å². The van der Waals surface area contributed by atoms with Crippen molar-refractivity contribution >= 4 is 35.8 Å². The fraction of sp³-hybridized carbons (Fsp3) is 0.467. The molecular weight excluding hydrogens is 325 g/mol. The van der Waals surface area contributed by atoms with Crippen LogP contribution in [0.3, 0.4) is 0 Å². The summed E-state index contributed by atoms with van der Waals surface area (Å²) in [4.78, 5) is 24.2. The van der Waals surface area contributed by atoms with Gasteiger partial charge in [-0.05, 0) is 43.1 Å². The molecule has 7 heteroatoms. The number of benzene rings is 1. The molecule has 1 unspecified atom stereocenters. The highest BCUT2D eigenvalue weighted by molar-refractivity contribution is 6.30. The van der Waals surface area contributed by atoms with E-state index in [0.29, 0.717) is 30.1 Å². The first kappa shape index (κ1) is 20.7. The van der Waals surface area contributed by atoms with Crippen LogP contribution in [0.25, 0.3) is 0 Å². The molecule has 22 heavy (non-hydrogen) atoms. The molecule has 4 N–H and O–H groups in total. The molecule has 0 fully saturated rings. The fourth-order valence-electron chi connectivity index (χ4n) is 1.78. The lowest BCUT2D eigenvalue weighted by molar-refractivity contribution is -0.123. The lowest BCUT2D eigenvalue weighted by Gasteiger charge is -2.21. The Hall–Kier alpha value is -1.30. The number of amides is 2. The molecule has 1 aromatic rings. The Morgan fingerprint density at radius 2 is 1.82 bits per heavy atom. The van der Waals surface area contributed by atoms with Gasteiger partial charge in [0.1, 0.15) is 6.04 Å². The van der Waals surface area contributed by atoms with Crippen LogP contribution in [-0.2, 0) is 4.79 Å². The van der Waals surface area contributed by atoms with Gasteiger partial charge in [0.05, 0.1) is 0 Å². The van der Waals surface area contributed by atoms with Gasteiger partial charge in [0.25, 0.3) is 5.91 Å². The average Bonchev–Trinajstić information content (AvgIpc) is 2.45. The topological polar surface area (TPSA) is 84.2 Å². The summed E-state index contributed by atoms with van der Waals surface area (Å²) in [6.07, 6.45) is 0.710. The molecule has 0 radical (unpaired) electrons. The molecule has 1 aromatic carbocycles. The van der Waals surface area contributed by atoms with E-state index in [1.807, 2.05) is 13.8 Å². The van der Waals surface area contributed by atoms with Crippen molar-refractivity contribution in [3.8, 4) is 0 Å². The maximum Gasteiger partial charge on any atom is 0.251 e. The number of hydrogen-bond acceptors (Lipinski definition) is 3. The van der Waals surface area contributed by atoms with E-state index < -0.39 is 6.04 Å². The van der Waals surface area contributed by atoms with E-state index in [1.165, 1.54) is 0 Å². The molecule has 0 heterocycles. The maximum atomic E-state index is 12.2. The van der Waals surface area contributed by atoms with E-state index >= 15 is 0 Å². The molecule has 0 aromatic heterocycles. The number of nitrogens with one attached hydrogen (secondary N) is 2. The van der Waals surface area contributed by atoms with Crippen molar-refractivity contribution in [1.29, 1.82) is 0 Å². The quantitative estimate of drug-likeness (QED) is 0.659. The second-order valence-electron chi connectivity index (χ2n) is 5.14. The van der Waals surface area contributed by atoms with Gasteiger partial charge < -0.3 is 16.4 Å². The Balaban J connectivity index is 0.00000441. The predicted octanol–water partition coefficient (Wildman–Crippen LogP) is 1.98. The van der Waals surface area contributed by atoms with E-state index in [4.69, 9.17) is 17.3 Å². The van der Waals surface area contributed by atoms with E-state index in [1.54, 1.807) is 24.3 Å². The zero-order valence-corrected chi connectivity index (χ0v) is 14.3. The maximum absolute atomic E-state index is 12.2. The van der Waals surface area contributed by atoms with Crippen LogP contribution in [0.1, 0.15) is 30.6 Å². The molecule has 5 nitrogen and oxygen atoms in total. The molecule has 124 valence electrons. The summed E-state index contributed by atoms with van der Waals surface area (Å²) in [6, 6.07) is 5.96. The van der Waals surface area contributed by atoms with Gasteiger partial charge in [-0.15, -0.1) is 12.4 Å². The van der Waals surface area contributed by atoms with Crippen LogP contribution < -0.4 is 16.4 Å². The van der Waals surface area contributed by atoms with Gasteiger partial charge in [-0.2, -0.15) is 0 Å². The van der Waals surface area contributed by atoms with Crippen molar-refractivity contribution in [3.05, 3.63) is 34.9 Å². The summed E-state index contributed by atoms with van der Waals surface area (Å²) >= 11 is 5.79. The normalized spacial score (nSPS) is 11.5. The molecule has 1 atom stereocenters. The van der Waals surface area contributed by atoms with Gasteiger partial charge in [-0.25, -0.2) is 0 Å². The van der Waals surface area contributed by atoms with Crippen LogP contribution in [0.15, 0.2) is 24.3 Å². The Morgan fingerprint density at radius 1 is 1.23 bits per heavy atom. The predicted molar refractivity (Wildman–Crippen MR) is 91.5 cm³/mol. The smallest absolute Gasteiger partial charge is 0.251 e. The van der Waals surface area contributed by atoms with Gasteiger partial charge in [-0.3, -0.25) is 9.59 Å². The van der Waals surface area contributed by atoms with Gasteiger partial charge >= 0.3 is 0 Å². The molecule has 0 aliphatic heterocycles. The second kappa shape index (κ2) is 10.4. The molecule has 0 aliphatic carbocycles. The Morgan fingerprint density at radius 3 is 2.32 bits per heavy atom. The summed E-state index contributed by atoms with van der Waals surface area (Å²) in [5.41, 5.74) is 5.86. The minimum absolute atomic E-state index is 0. The third kappa shape index (κ3) is 6.64. The van der Waals surface area contributed by atoms with Gasteiger partial charge in [0.15, 0.2) is 0 Å². The Kier molecular flexibility index (Phi) is 9.81. The van der Waals surface area contributed by atoms with Crippen molar-refractivity contribution in [2.75, 3.05) is 13.1 Å². The van der Waals surface area contributed by atoms with Gasteiger partial charge in [0.2, 0.25) is 5.91 Å². The third-order valence-corrected chi connectivity index (χ3v) is 3.27. The summed E-state index contributed by atoms with van der Waals surface area (Å²) in [5, 5.41) is 6.09. The second-order valence-corrected chi connectivity index (χ2v) is 5.57. The number of carbonyl (C=O) groups excluding carboxylic acids is 2. The fourth-order valence-corrected chi connectivity index (χ4v) is 1.91. The number of hydrogen-bond donors (Lipinski definition) is 3. The summed E-state index contributed by atoms with van der Waals surface area (Å²) in [6.45, 7) is 4.80. The average molecular weight is 348 g/mol. The highest BCUT2D eigenvalue weighted by Gasteiger charge is 2.24. The zero-order valence-electron chi connectivity index (χ0n) is 12.8. The standard InChI is InChI=1S/C15H22ClN3O2.ClH/c1-10(2)13(15(21)18-9-3-8-17)19-14(20)11-4-6-12(16)7-5-11;/h4-7,10,13H,3,8-9,17H2,1-2H3,(H,18,21)(H,19,20);1H. The highest BCUT2D eigenvalue weighted by atomic mass is 35.5. The number of nitrogens with two attached hydrogens (primary N) is 1. The van der Waals surface area contributed by atoms with Gasteiger partial charge in [0, 0.05) is 17.1 Å². The first-order valence-electron chi connectivity index (χ1n) is 7.00. The van der Waals surface area contributed by atoms with Crippen molar-refractivity contribution in [3.63, 3.8) is 0 Å². The van der Waals surface area contributed by atoms with E-state index in [0.717, 1.165) is 0 Å². The first-order valence-corrected chi connectivity index (χ1v) is 7.37. The first-order chi connectivity index (χ1) is 9.95. The van der Waals surface area contributed by atoms with Crippen LogP contribution >= 0.6 is 24.0 Å². The minimum atomic E-state index is -0.578. The monoisotopic (exact) mass is 347 g/mol. The molecule has 0 saturated carbocycles. The molecular formula is C15H23Cl2N3O2. The molecule has 0 aliphatic rings. The molecule has 0 spiro atoms. The van der Waals surface area contributed by atoms with Crippen LogP contribution in [-0.4, -0.2) is 30.9 Å². The lowest BCUT2D eigenvalue weighted by atomic mass is 10.0. The summed E-state index contributed by atoms with van der Waals surface area (Å²) in [7, 11) is 0. The van der Waals surface area contributed by atoms with Crippen molar-refractivity contribution in [2.45, 2.75) is 26.3 Å². The van der Waals surface area contributed by atoms with Crippen LogP contribution in [0.5, 0.6) is 0 Å². The number of rotatable bonds is 7. The van der Waals surface area contributed by atoms with E-state index in [-0.39, 0.29) is 30.1 Å². The van der Waals surface area contributed by atoms with Crippen LogP contribution in [0.4, 0.5) is 0 Å².